The van der Waals surface area contributed by atoms with Crippen molar-refractivity contribution in [3.63, 3.8) is 0 Å². The lowest BCUT2D eigenvalue weighted by Crippen LogP contribution is -2.28. The van der Waals surface area contributed by atoms with Crippen LogP contribution in [0.25, 0.3) is 0 Å². The Bertz CT molecular complexity index is 2730. The van der Waals surface area contributed by atoms with Gasteiger partial charge in [0, 0.05) is 59.7 Å². The van der Waals surface area contributed by atoms with Gasteiger partial charge in [0.2, 0.25) is 5.69 Å². The molecule has 2 heterocycles. The fourth-order valence-corrected chi connectivity index (χ4v) is 10.5. The highest BCUT2D eigenvalue weighted by atomic mass is 32.2. The second-order valence-corrected chi connectivity index (χ2v) is 22.6. The van der Waals surface area contributed by atoms with Gasteiger partial charge in [-0.2, -0.15) is 38.2 Å². The van der Waals surface area contributed by atoms with Gasteiger partial charge in [0.1, 0.15) is 6.54 Å². The summed E-state index contributed by atoms with van der Waals surface area (Å²) < 4.78 is 135. The summed E-state index contributed by atoms with van der Waals surface area (Å²) >= 11 is 0. The molecule has 21 heteroatoms. The average molecular weight is 941 g/mol. The van der Waals surface area contributed by atoms with Crippen LogP contribution in [-0.2, 0) is 56.1 Å². The number of anilines is 1. The van der Waals surface area contributed by atoms with E-state index in [0.29, 0.717) is 73.4 Å². The zero-order valence-corrected chi connectivity index (χ0v) is 38.2. The van der Waals surface area contributed by atoms with E-state index in [1.54, 1.807) is 12.1 Å². The topological polar surface area (TPSA) is 273 Å². The summed E-state index contributed by atoms with van der Waals surface area (Å²) in [5.74, 6) is -1.88. The van der Waals surface area contributed by atoms with E-state index in [1.807, 2.05) is 61.5 Å². The number of rotatable bonds is 19. The smallest absolute Gasteiger partial charge is 0.305 e. The molecular formula is C41H54N3O14S4+. The lowest BCUT2D eigenvalue weighted by Gasteiger charge is -2.28. The predicted octanol–water partition coefficient (Wildman–Crippen LogP) is 5.56. The van der Waals surface area contributed by atoms with Gasteiger partial charge in [-0.05, 0) is 105 Å². The number of fused-ring (bicyclic) bond motifs is 2. The number of nitrogens with one attached hydrogen (secondary N) is 1. The minimum Gasteiger partial charge on any atom is -0.481 e. The number of carbonyl (C=O) groups is 1. The summed E-state index contributed by atoms with van der Waals surface area (Å²) in [5.41, 5.74) is 4.75. The van der Waals surface area contributed by atoms with E-state index in [4.69, 9.17) is 0 Å². The summed E-state index contributed by atoms with van der Waals surface area (Å²) in [6, 6.07) is 8.57. The number of carboxylic acids is 1. The van der Waals surface area contributed by atoms with Crippen molar-refractivity contribution in [3.8, 4) is 0 Å². The molecule has 0 fully saturated rings. The van der Waals surface area contributed by atoms with Crippen molar-refractivity contribution in [2.24, 2.45) is 0 Å². The van der Waals surface area contributed by atoms with Gasteiger partial charge in [0.25, 0.3) is 40.5 Å². The first kappa shape index (κ1) is 48.8. The molecule has 2 aromatic carbocycles. The third-order valence-electron chi connectivity index (χ3n) is 11.5. The molecule has 0 atom stereocenters. The van der Waals surface area contributed by atoms with Crippen LogP contribution in [-0.4, -0.2) is 104 Å². The molecule has 62 heavy (non-hydrogen) atoms. The van der Waals surface area contributed by atoms with Gasteiger partial charge in [0.05, 0.1) is 33.1 Å². The molecule has 0 spiro atoms. The molecule has 0 amide bonds. The van der Waals surface area contributed by atoms with E-state index in [-0.39, 0.29) is 35.6 Å². The van der Waals surface area contributed by atoms with Gasteiger partial charge in [-0.3, -0.25) is 23.0 Å². The minimum atomic E-state index is -4.54. The summed E-state index contributed by atoms with van der Waals surface area (Å²) in [4.78, 5) is 13.0. The molecule has 2 aliphatic heterocycles. The number of carboxylic acid groups (broad SMARTS) is 1. The molecule has 0 saturated carbocycles. The van der Waals surface area contributed by atoms with Crippen LogP contribution >= 0.6 is 0 Å². The number of unbranched alkanes of at least 4 members (excludes halogenated alkanes) is 2. The fraction of sp³-hybridized carbons (Fsp3) is 0.463. The Kier molecular flexibility index (Phi) is 14.5. The van der Waals surface area contributed by atoms with E-state index in [0.717, 1.165) is 22.6 Å². The maximum atomic E-state index is 12.1. The normalized spacial score (nSPS) is 19.2. The molecule has 0 aromatic heterocycles. The molecule has 17 nitrogen and oxygen atoms in total. The number of benzene rings is 2. The van der Waals surface area contributed by atoms with Crippen molar-refractivity contribution in [1.29, 1.82) is 0 Å². The highest BCUT2D eigenvalue weighted by Crippen LogP contribution is 2.49. The Morgan fingerprint density at radius 3 is 1.95 bits per heavy atom. The summed E-state index contributed by atoms with van der Waals surface area (Å²) in [6.45, 7) is 8.30. The first-order valence-corrected chi connectivity index (χ1v) is 26.1. The van der Waals surface area contributed by atoms with Crippen LogP contribution in [0.15, 0.2) is 93.0 Å². The molecule has 0 saturated heterocycles. The third-order valence-corrected chi connectivity index (χ3v) is 14.8. The fourth-order valence-electron chi connectivity index (χ4n) is 8.36. The van der Waals surface area contributed by atoms with E-state index in [2.05, 4.69) is 5.32 Å². The standard InChI is InChI=1S/C41H53N3O14S4/c1-40(2)32-26-30(61(53,54)55)14-16-34(32)43(22-5-7-24-59(47,48)49)36(40)18-12-28-10-9-11-29(39(28)42-21-20-38(45)46)13-19-37-41(3,4)33-27-31(62(56,57)58)15-17-35(33)44(37)23-6-8-25-60(50,51)52/h12-19,26-27H,5-11,20-25H2,1-4H3,(H5,45,46,47,48,49,50,51,52,53,54,55,56,57,58)/p+1/b28-12+,36-18+. The maximum absolute atomic E-state index is 12.1. The monoisotopic (exact) mass is 940 g/mol. The summed E-state index contributed by atoms with van der Waals surface area (Å²) in [6.07, 6.45) is 10.3. The largest absolute Gasteiger partial charge is 0.481 e. The van der Waals surface area contributed by atoms with Crippen LogP contribution in [0.3, 0.4) is 0 Å². The van der Waals surface area contributed by atoms with Gasteiger partial charge < -0.3 is 15.3 Å². The molecule has 6 N–H and O–H groups in total. The summed E-state index contributed by atoms with van der Waals surface area (Å²) in [5, 5.41) is 12.8. The van der Waals surface area contributed by atoms with E-state index in [1.165, 1.54) is 24.3 Å². The van der Waals surface area contributed by atoms with Crippen LogP contribution in [0.5, 0.6) is 0 Å². The molecular weight excluding hydrogens is 887 g/mol. The number of hydrogen-bond acceptors (Lipinski definition) is 11. The second-order valence-electron chi connectivity index (χ2n) is 16.6. The number of nitrogens with zero attached hydrogens (tertiary/aromatic N) is 2. The molecule has 2 aromatic rings. The van der Waals surface area contributed by atoms with Gasteiger partial charge in [-0.1, -0.05) is 26.0 Å². The lowest BCUT2D eigenvalue weighted by atomic mass is 9.81. The quantitative estimate of drug-likeness (QED) is 0.0572. The van der Waals surface area contributed by atoms with Crippen LogP contribution in [0.2, 0.25) is 0 Å². The number of allylic oxidation sites excluding steroid dienone is 7. The first-order chi connectivity index (χ1) is 28.6. The minimum absolute atomic E-state index is 0.0942. The van der Waals surface area contributed by atoms with Crippen LogP contribution in [0, 0.1) is 0 Å². The zero-order chi connectivity index (χ0) is 46.1. The molecule has 1 aliphatic carbocycles. The predicted molar refractivity (Wildman–Crippen MR) is 233 cm³/mol. The van der Waals surface area contributed by atoms with Crippen molar-refractivity contribution < 1.29 is 66.4 Å². The van der Waals surface area contributed by atoms with Gasteiger partial charge in [-0.15, -0.1) is 0 Å². The zero-order valence-electron chi connectivity index (χ0n) is 34.9. The highest BCUT2D eigenvalue weighted by Gasteiger charge is 2.45. The van der Waals surface area contributed by atoms with Crippen LogP contribution in [0.1, 0.15) is 90.2 Å². The molecule has 340 valence electrons. The Morgan fingerprint density at radius 2 is 1.35 bits per heavy atom. The van der Waals surface area contributed by atoms with Crippen molar-refractivity contribution in [3.05, 3.63) is 94.4 Å². The Labute approximate surface area is 363 Å². The Hall–Kier alpha value is -4.22. The molecule has 5 rings (SSSR count). The van der Waals surface area contributed by atoms with E-state index >= 15 is 0 Å². The first-order valence-electron chi connectivity index (χ1n) is 20.0. The molecule has 3 aliphatic rings. The van der Waals surface area contributed by atoms with Crippen molar-refractivity contribution in [2.75, 3.05) is 36.0 Å². The Morgan fingerprint density at radius 1 is 0.758 bits per heavy atom. The van der Waals surface area contributed by atoms with Crippen LogP contribution < -0.4 is 10.2 Å². The maximum Gasteiger partial charge on any atom is 0.305 e. The van der Waals surface area contributed by atoms with E-state index in [9.17, 15) is 61.8 Å². The molecule has 0 bridgehead atoms. The van der Waals surface area contributed by atoms with Crippen molar-refractivity contribution in [1.82, 2.24) is 5.32 Å². The lowest BCUT2D eigenvalue weighted by molar-refractivity contribution is -0.438. The van der Waals surface area contributed by atoms with Gasteiger partial charge in [0.15, 0.2) is 5.71 Å². The Balaban J connectivity index is 1.60. The molecule has 0 radical (unpaired) electrons. The SMILES string of the molecule is CC1(C)C(/C=C/C2=C(NCCC(=O)O)C(=C/C=C3/N(CCCCS(=O)(=O)O)c4ccc(S(=O)(=O)O)cc4C3(C)C)/CCC2)=[N+](CCCCS(=O)(=O)O)c2ccc(S(=O)(=O)O)cc21. The van der Waals surface area contributed by atoms with Crippen LogP contribution in [0.4, 0.5) is 11.4 Å². The third kappa shape index (κ3) is 11.7. The van der Waals surface area contributed by atoms with Gasteiger partial charge in [-0.25, -0.2) is 0 Å². The van der Waals surface area contributed by atoms with Gasteiger partial charge >= 0.3 is 5.97 Å². The second kappa shape index (κ2) is 18.5. The number of hydrogen-bond donors (Lipinski definition) is 6. The molecule has 0 unspecified atom stereocenters. The highest BCUT2D eigenvalue weighted by molar-refractivity contribution is 7.86. The summed E-state index contributed by atoms with van der Waals surface area (Å²) in [7, 11) is -17.5. The average Bonchev–Trinajstić information content (AvgIpc) is 3.49. The van der Waals surface area contributed by atoms with E-state index < -0.39 is 68.8 Å². The van der Waals surface area contributed by atoms with Crippen molar-refractivity contribution >= 4 is 63.5 Å². The van der Waals surface area contributed by atoms with Crippen molar-refractivity contribution in [2.45, 2.75) is 99.7 Å². The number of aliphatic carboxylic acids is 1.